The van der Waals surface area contributed by atoms with E-state index in [9.17, 15) is 4.79 Å². The quantitative estimate of drug-likeness (QED) is 0.791. The van der Waals surface area contributed by atoms with E-state index in [0.29, 0.717) is 18.2 Å². The second kappa shape index (κ2) is 6.18. The Balaban J connectivity index is 2.79. The molecule has 0 bridgehead atoms. The summed E-state index contributed by atoms with van der Waals surface area (Å²) in [6.45, 7) is 5.96. The van der Waals surface area contributed by atoms with Crippen molar-refractivity contribution in [2.24, 2.45) is 5.92 Å². The maximum absolute atomic E-state index is 11.6. The number of hydrogen-bond acceptors (Lipinski definition) is 5. The minimum absolute atomic E-state index is 0.274. The molecule has 1 aromatic heterocycles. The van der Waals surface area contributed by atoms with Gasteiger partial charge in [0.25, 0.3) is 0 Å². The number of nitrogens with one attached hydrogen (secondary N) is 1. The van der Waals surface area contributed by atoms with E-state index < -0.39 is 0 Å². The standard InChI is InChI=1S/C12H19N3O2/c1-8(2)7-10(12(16)17-4)15-11-9(3)13-5-6-14-11/h5-6,8,10H,7H2,1-4H3,(H,14,15). The SMILES string of the molecule is COC(=O)C(CC(C)C)Nc1nccnc1C. The van der Waals surface area contributed by atoms with Gasteiger partial charge in [0.15, 0.2) is 0 Å². The third-order valence-electron chi connectivity index (χ3n) is 2.38. The maximum Gasteiger partial charge on any atom is 0.328 e. The molecule has 0 fully saturated rings. The molecule has 0 aliphatic heterocycles. The summed E-state index contributed by atoms with van der Waals surface area (Å²) in [6.07, 6.45) is 3.91. The summed E-state index contributed by atoms with van der Waals surface area (Å²) in [4.78, 5) is 19.9. The van der Waals surface area contributed by atoms with Crippen LogP contribution in [0.2, 0.25) is 0 Å². The zero-order valence-electron chi connectivity index (χ0n) is 10.7. The number of aryl methyl sites for hydroxylation is 1. The average Bonchev–Trinajstić information content (AvgIpc) is 2.29. The summed E-state index contributed by atoms with van der Waals surface area (Å²) in [7, 11) is 1.39. The molecule has 0 saturated heterocycles. The van der Waals surface area contributed by atoms with Crippen LogP contribution in [0.3, 0.4) is 0 Å². The first-order chi connectivity index (χ1) is 8.04. The number of nitrogens with zero attached hydrogens (tertiary/aromatic N) is 2. The molecule has 0 aliphatic rings. The molecule has 0 saturated carbocycles. The molecule has 0 spiro atoms. The maximum atomic E-state index is 11.6. The van der Waals surface area contributed by atoms with E-state index in [4.69, 9.17) is 4.74 Å². The van der Waals surface area contributed by atoms with Gasteiger partial charge < -0.3 is 10.1 Å². The van der Waals surface area contributed by atoms with E-state index in [-0.39, 0.29) is 12.0 Å². The molecule has 94 valence electrons. The van der Waals surface area contributed by atoms with Gasteiger partial charge in [-0.15, -0.1) is 0 Å². The highest BCUT2D eigenvalue weighted by molar-refractivity contribution is 5.78. The van der Waals surface area contributed by atoms with Crippen LogP contribution in [-0.2, 0) is 9.53 Å². The summed E-state index contributed by atoms with van der Waals surface area (Å²) in [5, 5.41) is 3.08. The van der Waals surface area contributed by atoms with E-state index in [2.05, 4.69) is 29.1 Å². The molecule has 1 N–H and O–H groups in total. The third kappa shape index (κ3) is 4.01. The van der Waals surface area contributed by atoms with Crippen LogP contribution in [0.4, 0.5) is 5.82 Å². The van der Waals surface area contributed by atoms with Crippen LogP contribution in [0.25, 0.3) is 0 Å². The fourth-order valence-corrected chi connectivity index (χ4v) is 1.54. The molecule has 0 aliphatic carbocycles. The first-order valence-corrected chi connectivity index (χ1v) is 5.66. The second-order valence-electron chi connectivity index (χ2n) is 4.34. The van der Waals surface area contributed by atoms with Crippen molar-refractivity contribution in [1.82, 2.24) is 9.97 Å². The van der Waals surface area contributed by atoms with E-state index in [1.54, 1.807) is 12.4 Å². The molecule has 1 heterocycles. The molecule has 0 radical (unpaired) electrons. The number of rotatable bonds is 5. The van der Waals surface area contributed by atoms with Gasteiger partial charge in [-0.3, -0.25) is 4.98 Å². The van der Waals surface area contributed by atoms with E-state index in [1.165, 1.54) is 7.11 Å². The molecule has 5 heteroatoms. The lowest BCUT2D eigenvalue weighted by molar-refractivity contribution is -0.141. The highest BCUT2D eigenvalue weighted by Crippen LogP contribution is 2.14. The Hall–Kier alpha value is -1.65. The van der Waals surface area contributed by atoms with Gasteiger partial charge in [-0.25, -0.2) is 9.78 Å². The van der Waals surface area contributed by atoms with Gasteiger partial charge in [0.05, 0.1) is 12.8 Å². The van der Waals surface area contributed by atoms with Crippen LogP contribution in [0.5, 0.6) is 0 Å². The van der Waals surface area contributed by atoms with Crippen LogP contribution in [-0.4, -0.2) is 29.1 Å². The Morgan fingerprint density at radius 1 is 1.41 bits per heavy atom. The second-order valence-corrected chi connectivity index (χ2v) is 4.34. The first-order valence-electron chi connectivity index (χ1n) is 5.66. The predicted octanol–water partition coefficient (Wildman–Crippen LogP) is 1.78. The van der Waals surface area contributed by atoms with E-state index >= 15 is 0 Å². The zero-order chi connectivity index (χ0) is 12.8. The van der Waals surface area contributed by atoms with Crippen LogP contribution < -0.4 is 5.32 Å². The summed E-state index contributed by atoms with van der Waals surface area (Å²) in [5.41, 5.74) is 0.769. The molecule has 1 unspecified atom stereocenters. The normalized spacial score (nSPS) is 12.3. The van der Waals surface area contributed by atoms with Crippen molar-refractivity contribution < 1.29 is 9.53 Å². The van der Waals surface area contributed by atoms with Crippen molar-refractivity contribution in [3.8, 4) is 0 Å². The third-order valence-corrected chi connectivity index (χ3v) is 2.38. The van der Waals surface area contributed by atoms with Crippen molar-refractivity contribution in [2.75, 3.05) is 12.4 Å². The van der Waals surface area contributed by atoms with Crippen molar-refractivity contribution in [3.63, 3.8) is 0 Å². The minimum atomic E-state index is -0.379. The molecule has 0 amide bonds. The van der Waals surface area contributed by atoms with E-state index in [0.717, 1.165) is 5.69 Å². The van der Waals surface area contributed by atoms with Crippen LogP contribution in [0, 0.1) is 12.8 Å². The predicted molar refractivity (Wildman–Crippen MR) is 65.7 cm³/mol. The lowest BCUT2D eigenvalue weighted by Crippen LogP contribution is -2.32. The number of carbonyl (C=O) groups is 1. The van der Waals surface area contributed by atoms with Gasteiger partial charge in [0, 0.05) is 12.4 Å². The molecule has 1 rings (SSSR count). The van der Waals surface area contributed by atoms with Crippen LogP contribution in [0.1, 0.15) is 26.0 Å². The highest BCUT2D eigenvalue weighted by atomic mass is 16.5. The van der Waals surface area contributed by atoms with Gasteiger partial charge in [-0.05, 0) is 19.3 Å². The van der Waals surface area contributed by atoms with Gasteiger partial charge in [0.1, 0.15) is 11.9 Å². The Morgan fingerprint density at radius 2 is 2.06 bits per heavy atom. The molecule has 5 nitrogen and oxygen atoms in total. The highest BCUT2D eigenvalue weighted by Gasteiger charge is 2.21. The fourth-order valence-electron chi connectivity index (χ4n) is 1.54. The zero-order valence-corrected chi connectivity index (χ0v) is 10.7. The van der Waals surface area contributed by atoms with Crippen molar-refractivity contribution in [1.29, 1.82) is 0 Å². The van der Waals surface area contributed by atoms with Crippen LogP contribution >= 0.6 is 0 Å². The lowest BCUT2D eigenvalue weighted by Gasteiger charge is -2.19. The summed E-state index contributed by atoms with van der Waals surface area (Å²) < 4.78 is 4.78. The Bertz CT molecular complexity index is 380. The van der Waals surface area contributed by atoms with Gasteiger partial charge in [-0.2, -0.15) is 0 Å². The number of methoxy groups -OCH3 is 1. The van der Waals surface area contributed by atoms with Crippen molar-refractivity contribution in [3.05, 3.63) is 18.1 Å². The molecule has 1 aromatic rings. The Morgan fingerprint density at radius 3 is 2.59 bits per heavy atom. The molecule has 0 aromatic carbocycles. The minimum Gasteiger partial charge on any atom is -0.467 e. The van der Waals surface area contributed by atoms with Crippen molar-refractivity contribution >= 4 is 11.8 Å². The first kappa shape index (κ1) is 13.4. The number of hydrogen-bond donors (Lipinski definition) is 1. The number of carbonyl (C=O) groups excluding carboxylic acids is 1. The molecular formula is C12H19N3O2. The number of anilines is 1. The van der Waals surface area contributed by atoms with Crippen LogP contribution in [0.15, 0.2) is 12.4 Å². The van der Waals surface area contributed by atoms with Gasteiger partial charge in [0.2, 0.25) is 0 Å². The van der Waals surface area contributed by atoms with Gasteiger partial charge >= 0.3 is 5.97 Å². The summed E-state index contributed by atoms with van der Waals surface area (Å²) in [6, 6.07) is -0.379. The molecule has 17 heavy (non-hydrogen) atoms. The lowest BCUT2D eigenvalue weighted by atomic mass is 10.0. The largest absolute Gasteiger partial charge is 0.467 e. The Labute approximate surface area is 102 Å². The monoisotopic (exact) mass is 237 g/mol. The summed E-state index contributed by atoms with van der Waals surface area (Å²) >= 11 is 0. The number of esters is 1. The summed E-state index contributed by atoms with van der Waals surface area (Å²) in [5.74, 6) is 0.746. The molecular weight excluding hydrogens is 218 g/mol. The molecule has 1 atom stereocenters. The number of aromatic nitrogens is 2. The number of ether oxygens (including phenoxy) is 1. The topological polar surface area (TPSA) is 64.1 Å². The van der Waals surface area contributed by atoms with Crippen molar-refractivity contribution in [2.45, 2.75) is 33.2 Å². The average molecular weight is 237 g/mol. The Kier molecular flexibility index (Phi) is 4.87. The van der Waals surface area contributed by atoms with E-state index in [1.807, 2.05) is 6.92 Å². The van der Waals surface area contributed by atoms with Gasteiger partial charge in [-0.1, -0.05) is 13.8 Å². The fraction of sp³-hybridized carbons (Fsp3) is 0.583. The smallest absolute Gasteiger partial charge is 0.328 e.